The van der Waals surface area contributed by atoms with E-state index in [1.165, 1.54) is 50.5 Å². The molecule has 1 aromatic heterocycles. The van der Waals surface area contributed by atoms with Crippen LogP contribution in [0.1, 0.15) is 22.8 Å². The quantitative estimate of drug-likeness (QED) is 0.0792. The number of benzene rings is 4. The normalized spacial score (nSPS) is 11.6. The molecule has 0 radical (unpaired) electrons. The summed E-state index contributed by atoms with van der Waals surface area (Å²) in [5.74, 6) is 0.753. The molecule has 3 amide bonds. The molecule has 4 aromatic carbocycles. The SMILES string of the molecule is COc1cccc(-c2csc(NC(=O)C(C)Sc3ccc(NC(=O)/C(=C/c4cc(OC)c(OC)cc4OC)NC(=O)c4ccccc4)cc3)n2)c1. The van der Waals surface area contributed by atoms with E-state index in [0.29, 0.717) is 39.2 Å². The number of amides is 3. The number of nitrogens with zero attached hydrogens (tertiary/aromatic N) is 1. The minimum Gasteiger partial charge on any atom is -0.497 e. The molecule has 0 bridgehead atoms. The topological polar surface area (TPSA) is 137 Å². The van der Waals surface area contributed by atoms with Crippen molar-refractivity contribution in [1.82, 2.24) is 10.3 Å². The van der Waals surface area contributed by atoms with Crippen LogP contribution in [0.2, 0.25) is 0 Å². The first kappa shape index (κ1) is 36.5. The molecule has 0 saturated carbocycles. The van der Waals surface area contributed by atoms with Gasteiger partial charge in [-0.3, -0.25) is 14.4 Å². The first-order chi connectivity index (χ1) is 24.7. The van der Waals surface area contributed by atoms with Crippen molar-refractivity contribution in [3.05, 3.63) is 113 Å². The Hall–Kier alpha value is -5.79. The number of rotatable bonds is 14. The third kappa shape index (κ3) is 9.47. The van der Waals surface area contributed by atoms with Crippen LogP contribution < -0.4 is 34.9 Å². The molecule has 1 heterocycles. The van der Waals surface area contributed by atoms with Crippen LogP contribution in [-0.4, -0.2) is 56.4 Å². The van der Waals surface area contributed by atoms with Crippen molar-refractivity contribution in [2.45, 2.75) is 17.1 Å². The summed E-state index contributed by atoms with van der Waals surface area (Å²) in [5, 5.41) is 10.4. The van der Waals surface area contributed by atoms with E-state index >= 15 is 0 Å². The number of ether oxygens (including phenoxy) is 4. The molecule has 5 aromatic rings. The number of nitrogens with one attached hydrogen (secondary N) is 3. The monoisotopic (exact) mass is 724 g/mol. The zero-order chi connectivity index (χ0) is 36.3. The molecule has 5 rings (SSSR count). The number of thiazole rings is 1. The van der Waals surface area contributed by atoms with Crippen LogP contribution in [-0.2, 0) is 9.59 Å². The maximum absolute atomic E-state index is 13.7. The van der Waals surface area contributed by atoms with Crippen LogP contribution in [0.5, 0.6) is 23.0 Å². The molecule has 0 saturated heterocycles. The van der Waals surface area contributed by atoms with Gasteiger partial charge in [-0.1, -0.05) is 30.3 Å². The highest BCUT2D eigenvalue weighted by Gasteiger charge is 2.20. The van der Waals surface area contributed by atoms with Crippen molar-refractivity contribution in [2.24, 2.45) is 0 Å². The van der Waals surface area contributed by atoms with E-state index < -0.39 is 17.1 Å². The van der Waals surface area contributed by atoms with Gasteiger partial charge in [0.15, 0.2) is 16.6 Å². The second-order valence-corrected chi connectivity index (χ2v) is 13.1. The number of thioether (sulfide) groups is 1. The van der Waals surface area contributed by atoms with Gasteiger partial charge in [0.1, 0.15) is 17.2 Å². The van der Waals surface area contributed by atoms with Crippen molar-refractivity contribution in [2.75, 3.05) is 39.1 Å². The van der Waals surface area contributed by atoms with Gasteiger partial charge in [0.2, 0.25) is 5.91 Å². The Bertz CT molecular complexity index is 2030. The molecule has 13 heteroatoms. The van der Waals surface area contributed by atoms with Crippen molar-refractivity contribution < 1.29 is 33.3 Å². The molecule has 11 nitrogen and oxygen atoms in total. The summed E-state index contributed by atoms with van der Waals surface area (Å²) in [6.07, 6.45) is 1.50. The van der Waals surface area contributed by atoms with Crippen LogP contribution in [0.25, 0.3) is 17.3 Å². The fraction of sp³-hybridized carbons (Fsp3) is 0.158. The molecule has 3 N–H and O–H groups in total. The summed E-state index contributed by atoms with van der Waals surface area (Å²) in [4.78, 5) is 45.2. The molecule has 51 heavy (non-hydrogen) atoms. The van der Waals surface area contributed by atoms with E-state index in [2.05, 4.69) is 20.9 Å². The summed E-state index contributed by atoms with van der Waals surface area (Å²) in [6, 6.07) is 26.5. The lowest BCUT2D eigenvalue weighted by Gasteiger charge is -2.15. The predicted molar refractivity (Wildman–Crippen MR) is 201 cm³/mol. The Kier molecular flexibility index (Phi) is 12.3. The third-order valence-electron chi connectivity index (χ3n) is 7.46. The third-order valence-corrected chi connectivity index (χ3v) is 9.33. The summed E-state index contributed by atoms with van der Waals surface area (Å²) in [7, 11) is 6.10. The van der Waals surface area contributed by atoms with Crippen molar-refractivity contribution >= 4 is 57.7 Å². The van der Waals surface area contributed by atoms with Crippen molar-refractivity contribution in [3.8, 4) is 34.3 Å². The van der Waals surface area contributed by atoms with Gasteiger partial charge in [-0.2, -0.15) is 0 Å². The zero-order valence-electron chi connectivity index (χ0n) is 28.5. The van der Waals surface area contributed by atoms with Crippen LogP contribution >= 0.6 is 23.1 Å². The number of carbonyl (C=O) groups excluding carboxylic acids is 3. The highest BCUT2D eigenvalue weighted by atomic mass is 32.2. The summed E-state index contributed by atoms with van der Waals surface area (Å²) >= 11 is 2.71. The Balaban J connectivity index is 1.27. The number of hydrogen-bond donors (Lipinski definition) is 3. The number of aromatic nitrogens is 1. The Labute approximate surface area is 304 Å². The highest BCUT2D eigenvalue weighted by Crippen LogP contribution is 2.36. The van der Waals surface area contributed by atoms with Gasteiger partial charge in [-0.25, -0.2) is 4.98 Å². The second kappa shape index (κ2) is 17.2. The average Bonchev–Trinajstić information content (AvgIpc) is 3.63. The predicted octanol–water partition coefficient (Wildman–Crippen LogP) is 7.37. The molecule has 0 aliphatic carbocycles. The first-order valence-corrected chi connectivity index (χ1v) is 17.3. The van der Waals surface area contributed by atoms with E-state index in [0.717, 1.165) is 21.9 Å². The van der Waals surface area contributed by atoms with Gasteiger partial charge >= 0.3 is 0 Å². The van der Waals surface area contributed by atoms with Gasteiger partial charge in [0, 0.05) is 38.7 Å². The molecule has 1 atom stereocenters. The van der Waals surface area contributed by atoms with Gasteiger partial charge in [-0.05, 0) is 67.6 Å². The second-order valence-electron chi connectivity index (χ2n) is 10.8. The van der Waals surface area contributed by atoms with Gasteiger partial charge < -0.3 is 34.9 Å². The number of carbonyl (C=O) groups is 3. The maximum Gasteiger partial charge on any atom is 0.272 e. The van der Waals surface area contributed by atoms with Crippen LogP contribution in [0.15, 0.2) is 107 Å². The summed E-state index contributed by atoms with van der Waals surface area (Å²) in [6.45, 7) is 1.81. The zero-order valence-corrected chi connectivity index (χ0v) is 30.1. The van der Waals surface area contributed by atoms with Crippen molar-refractivity contribution in [1.29, 1.82) is 0 Å². The Morgan fingerprint density at radius 2 is 1.49 bits per heavy atom. The summed E-state index contributed by atoms with van der Waals surface area (Å²) < 4.78 is 21.7. The Morgan fingerprint density at radius 3 is 2.18 bits per heavy atom. The maximum atomic E-state index is 13.7. The average molecular weight is 725 g/mol. The Morgan fingerprint density at radius 1 is 0.784 bits per heavy atom. The smallest absolute Gasteiger partial charge is 0.272 e. The van der Waals surface area contributed by atoms with E-state index in [9.17, 15) is 14.4 Å². The summed E-state index contributed by atoms with van der Waals surface area (Å²) in [5.41, 5.74) is 2.93. The lowest BCUT2D eigenvalue weighted by atomic mass is 10.1. The molecule has 0 aliphatic heterocycles. The first-order valence-electron chi connectivity index (χ1n) is 15.6. The van der Waals surface area contributed by atoms with Crippen LogP contribution in [0, 0.1) is 0 Å². The standard InChI is InChI=1S/C38H36N4O7S2/c1-23(35(43)42-38-41-31(22-50-38)25-12-9-13-28(18-25)46-2)51-29-16-14-27(15-17-29)39-37(45)30(40-36(44)24-10-7-6-8-11-24)19-26-20-33(48-4)34(49-5)21-32(26)47-3/h6-23H,1-5H3,(H,39,45)(H,40,44)(H,41,42,43)/b30-19-. The van der Waals surface area contributed by atoms with Crippen LogP contribution in [0.4, 0.5) is 10.8 Å². The van der Waals surface area contributed by atoms with E-state index in [1.54, 1.807) is 80.8 Å². The molecular weight excluding hydrogens is 689 g/mol. The van der Waals surface area contributed by atoms with E-state index in [4.69, 9.17) is 18.9 Å². The van der Waals surface area contributed by atoms with E-state index in [-0.39, 0.29) is 11.6 Å². The van der Waals surface area contributed by atoms with Gasteiger partial charge in [0.25, 0.3) is 11.8 Å². The molecule has 262 valence electrons. The molecular formula is C38H36N4O7S2. The number of anilines is 2. The fourth-order valence-electron chi connectivity index (χ4n) is 4.79. The molecule has 0 spiro atoms. The van der Waals surface area contributed by atoms with Crippen molar-refractivity contribution in [3.63, 3.8) is 0 Å². The number of methoxy groups -OCH3 is 4. The molecule has 0 aliphatic rings. The van der Waals surface area contributed by atoms with E-state index in [1.807, 2.05) is 29.6 Å². The highest BCUT2D eigenvalue weighted by molar-refractivity contribution is 8.00. The lowest BCUT2D eigenvalue weighted by Crippen LogP contribution is -2.30. The van der Waals surface area contributed by atoms with Crippen LogP contribution in [0.3, 0.4) is 0 Å². The van der Waals surface area contributed by atoms with Gasteiger partial charge in [0.05, 0.1) is 39.4 Å². The molecule has 0 fully saturated rings. The van der Waals surface area contributed by atoms with Gasteiger partial charge in [-0.15, -0.1) is 23.1 Å². The minimum absolute atomic E-state index is 0.0325. The number of hydrogen-bond acceptors (Lipinski definition) is 10. The minimum atomic E-state index is -0.568. The lowest BCUT2D eigenvalue weighted by molar-refractivity contribution is -0.115. The molecule has 1 unspecified atom stereocenters. The largest absolute Gasteiger partial charge is 0.497 e. The fourth-order valence-corrected chi connectivity index (χ4v) is 6.38.